The van der Waals surface area contributed by atoms with E-state index in [1.165, 1.54) is 6.92 Å². The van der Waals surface area contributed by atoms with Crippen LogP contribution in [0.5, 0.6) is 0 Å². The van der Waals surface area contributed by atoms with E-state index in [0.717, 1.165) is 25.7 Å². The number of esters is 1. The molecule has 49 heavy (non-hydrogen) atoms. The summed E-state index contributed by atoms with van der Waals surface area (Å²) in [5.41, 5.74) is -4.27. The van der Waals surface area contributed by atoms with Crippen molar-refractivity contribution in [3.8, 4) is 0 Å². The van der Waals surface area contributed by atoms with Gasteiger partial charge in [0.15, 0.2) is 6.29 Å². The Morgan fingerprint density at radius 2 is 1.55 bits per heavy atom. The van der Waals surface area contributed by atoms with E-state index in [4.69, 9.17) is 18.9 Å². The van der Waals surface area contributed by atoms with Crippen molar-refractivity contribution in [2.24, 2.45) is 39.4 Å². The Morgan fingerprint density at radius 1 is 0.878 bits per heavy atom. The first kappa shape index (κ1) is 37.9. The highest BCUT2D eigenvalue weighted by molar-refractivity contribution is 5.66. The lowest BCUT2D eigenvalue weighted by Crippen LogP contribution is -2.70. The Labute approximate surface area is 292 Å². The molecular weight excluding hydrogens is 632 g/mol. The molecular formula is C38H64O11. The van der Waals surface area contributed by atoms with Crippen LogP contribution in [0.3, 0.4) is 0 Å². The third-order valence-electron chi connectivity index (χ3n) is 15.8. The first-order valence-corrected chi connectivity index (χ1v) is 18.8. The average molecular weight is 697 g/mol. The summed E-state index contributed by atoms with van der Waals surface area (Å²) in [6, 6.07) is 0. The van der Waals surface area contributed by atoms with Crippen molar-refractivity contribution >= 4 is 5.97 Å². The molecule has 2 saturated heterocycles. The third-order valence-corrected chi connectivity index (χ3v) is 15.8. The molecule has 16 atom stereocenters. The van der Waals surface area contributed by atoms with Crippen LogP contribution in [0.25, 0.3) is 0 Å². The second kappa shape index (κ2) is 12.1. The Kier molecular flexibility index (Phi) is 9.32. The van der Waals surface area contributed by atoms with Crippen molar-refractivity contribution in [3.05, 3.63) is 0 Å². The number of hydrogen-bond acceptors (Lipinski definition) is 11. The van der Waals surface area contributed by atoms with E-state index in [-0.39, 0.29) is 51.5 Å². The number of carbonyl (C=O) groups is 1. The van der Waals surface area contributed by atoms with Crippen molar-refractivity contribution in [1.82, 2.24) is 0 Å². The topological polar surface area (TPSA) is 175 Å². The molecule has 2 aliphatic heterocycles. The van der Waals surface area contributed by atoms with Gasteiger partial charge < -0.3 is 49.6 Å². The van der Waals surface area contributed by atoms with Crippen molar-refractivity contribution in [2.75, 3.05) is 6.61 Å². The molecule has 282 valence electrons. The maximum absolute atomic E-state index is 12.9. The number of carbonyl (C=O) groups excluding carboxylic acids is 1. The number of fused-ring (bicyclic) bond motifs is 5. The fourth-order valence-corrected chi connectivity index (χ4v) is 13.0. The minimum Gasteiger partial charge on any atom is -0.462 e. The summed E-state index contributed by atoms with van der Waals surface area (Å²) >= 11 is 0. The number of rotatable bonds is 6. The summed E-state index contributed by atoms with van der Waals surface area (Å²) in [4.78, 5) is 12.8. The fourth-order valence-electron chi connectivity index (χ4n) is 13.0. The molecule has 4 saturated carbocycles. The summed E-state index contributed by atoms with van der Waals surface area (Å²) in [7, 11) is 0. The molecule has 0 spiro atoms. The van der Waals surface area contributed by atoms with Gasteiger partial charge in [-0.1, -0.05) is 34.6 Å². The van der Waals surface area contributed by atoms with Gasteiger partial charge >= 0.3 is 5.97 Å². The Morgan fingerprint density at radius 3 is 2.14 bits per heavy atom. The number of aliphatic hydroxyl groups excluding tert-OH is 4. The van der Waals surface area contributed by atoms with E-state index < -0.39 is 66.3 Å². The quantitative estimate of drug-likeness (QED) is 0.225. The number of ether oxygens (including phenoxy) is 4. The van der Waals surface area contributed by atoms with E-state index in [0.29, 0.717) is 32.1 Å². The van der Waals surface area contributed by atoms with Crippen LogP contribution in [0.15, 0.2) is 0 Å². The molecule has 0 bridgehead atoms. The normalized spacial score (nSPS) is 54.1. The molecule has 0 aromatic carbocycles. The van der Waals surface area contributed by atoms with Gasteiger partial charge in [0.1, 0.15) is 36.1 Å². The highest BCUT2D eigenvalue weighted by Gasteiger charge is 2.76. The van der Waals surface area contributed by atoms with Gasteiger partial charge in [0.2, 0.25) is 0 Å². The predicted octanol–water partition coefficient (Wildman–Crippen LogP) is 3.22. The van der Waals surface area contributed by atoms with Gasteiger partial charge in [-0.25, -0.2) is 0 Å². The molecule has 0 radical (unpaired) electrons. The minimum absolute atomic E-state index is 0.162. The van der Waals surface area contributed by atoms with E-state index in [1.54, 1.807) is 13.8 Å². The van der Waals surface area contributed by atoms with E-state index in [9.17, 15) is 35.4 Å². The van der Waals surface area contributed by atoms with Gasteiger partial charge in [0.25, 0.3) is 0 Å². The maximum Gasteiger partial charge on any atom is 0.302 e. The summed E-state index contributed by atoms with van der Waals surface area (Å²) < 4.78 is 24.8. The SMILES string of the molecule is CC(=O)O[C@@H]1C[C@@H]2[C@@]3(C)CC[C@@H](O[C@@H]4[C@@H](O)[C@H](O)[C@@H](CO)O[C@H]4O)C(C)(C)[C@@H]3CC[C@@]2(C)[C@]2(C)CC[C@](O)([C@]3(C)CC[C@H](C(C)(C)O)O3)[C@@H]12. The van der Waals surface area contributed by atoms with Crippen molar-refractivity contribution in [3.63, 3.8) is 0 Å². The molecule has 0 aromatic rings. The fraction of sp³-hybridized carbons (Fsp3) is 0.974. The zero-order valence-corrected chi connectivity index (χ0v) is 31.1. The first-order chi connectivity index (χ1) is 22.5. The summed E-state index contributed by atoms with van der Waals surface area (Å²) in [6.45, 7) is 17.9. The summed E-state index contributed by atoms with van der Waals surface area (Å²) in [5.74, 6) is -0.321. The highest BCUT2D eigenvalue weighted by Crippen LogP contribution is 2.77. The predicted molar refractivity (Wildman–Crippen MR) is 179 cm³/mol. The van der Waals surface area contributed by atoms with Crippen molar-refractivity contribution in [1.29, 1.82) is 0 Å². The lowest BCUT2D eigenvalue weighted by Gasteiger charge is -2.71. The Balaban J connectivity index is 1.31. The third kappa shape index (κ3) is 5.41. The Hall–Kier alpha value is -0.890. The molecule has 4 aliphatic carbocycles. The molecule has 6 aliphatic rings. The van der Waals surface area contributed by atoms with Crippen LogP contribution in [0, 0.1) is 39.4 Å². The molecule has 0 amide bonds. The lowest BCUT2D eigenvalue weighted by molar-refractivity contribution is -0.321. The maximum atomic E-state index is 12.9. The zero-order valence-electron chi connectivity index (χ0n) is 31.1. The van der Waals surface area contributed by atoms with Gasteiger partial charge in [0, 0.05) is 12.8 Å². The number of hydrogen-bond donors (Lipinski definition) is 6. The van der Waals surface area contributed by atoms with Crippen LogP contribution in [-0.4, -0.2) is 109 Å². The molecule has 11 nitrogen and oxygen atoms in total. The molecule has 2 heterocycles. The first-order valence-electron chi connectivity index (χ1n) is 18.8. The van der Waals surface area contributed by atoms with Crippen LogP contribution < -0.4 is 0 Å². The van der Waals surface area contributed by atoms with Gasteiger partial charge in [0.05, 0.1) is 30.0 Å². The van der Waals surface area contributed by atoms with Crippen LogP contribution >= 0.6 is 0 Å². The van der Waals surface area contributed by atoms with Crippen LogP contribution in [0.4, 0.5) is 0 Å². The minimum atomic E-state index is -1.49. The number of aliphatic hydroxyl groups is 6. The molecule has 0 aromatic heterocycles. The lowest BCUT2D eigenvalue weighted by atomic mass is 9.35. The van der Waals surface area contributed by atoms with Gasteiger partial charge in [-0.15, -0.1) is 0 Å². The smallest absolute Gasteiger partial charge is 0.302 e. The van der Waals surface area contributed by atoms with Gasteiger partial charge in [-0.3, -0.25) is 4.79 Å². The van der Waals surface area contributed by atoms with Crippen molar-refractivity contribution < 1.29 is 54.4 Å². The van der Waals surface area contributed by atoms with E-state index in [2.05, 4.69) is 34.6 Å². The van der Waals surface area contributed by atoms with E-state index >= 15 is 0 Å². The summed E-state index contributed by atoms with van der Waals surface area (Å²) in [5, 5.41) is 65.5. The highest BCUT2D eigenvalue weighted by atomic mass is 16.7. The second-order valence-electron chi connectivity index (χ2n) is 19.0. The molecule has 6 rings (SSSR count). The molecule has 6 N–H and O–H groups in total. The molecule has 6 fully saturated rings. The summed E-state index contributed by atoms with van der Waals surface area (Å²) in [6.07, 6.45) is -1.27. The standard InChI is InChI=1S/C38H64O11/c1-20(40)46-21-18-24-34(6)13-11-25(48-29-28(42)27(41)22(19-39)47-31(29)43)32(2,3)23(34)10-14-35(24,7)36(8)16-17-38(45,30(21)36)37(9)15-12-26(49-37)33(4,5)44/h21-31,39,41-45H,10-19H2,1-9H3/t21-,22-,23+,24-,25-,26-,27-,28+,29-,30+,31-,34+,35-,36-,37+,38-/m1/s1. The van der Waals surface area contributed by atoms with E-state index in [1.807, 2.05) is 6.92 Å². The Bertz CT molecular complexity index is 1270. The molecule has 0 unspecified atom stereocenters. The zero-order chi connectivity index (χ0) is 36.3. The van der Waals surface area contributed by atoms with Crippen LogP contribution in [0.1, 0.15) is 120 Å². The average Bonchev–Trinajstić information content (AvgIpc) is 3.55. The van der Waals surface area contributed by atoms with Gasteiger partial charge in [-0.2, -0.15) is 0 Å². The van der Waals surface area contributed by atoms with Crippen LogP contribution in [0.2, 0.25) is 0 Å². The monoisotopic (exact) mass is 696 g/mol. The van der Waals surface area contributed by atoms with Crippen LogP contribution in [-0.2, 0) is 23.7 Å². The van der Waals surface area contributed by atoms with Gasteiger partial charge in [-0.05, 0) is 112 Å². The largest absolute Gasteiger partial charge is 0.462 e. The molecule has 11 heteroatoms. The van der Waals surface area contributed by atoms with Crippen molar-refractivity contribution in [2.45, 2.75) is 186 Å². The second-order valence-corrected chi connectivity index (χ2v) is 19.0.